The van der Waals surface area contributed by atoms with E-state index in [1.807, 2.05) is 58.2 Å². The largest absolute Gasteiger partial charge is 0.249 e. The van der Waals surface area contributed by atoms with Crippen LogP contribution in [0.3, 0.4) is 0 Å². The van der Waals surface area contributed by atoms with Crippen molar-refractivity contribution in [3.63, 3.8) is 0 Å². The Morgan fingerprint density at radius 2 is 1.09 bits per heavy atom. The normalized spacial score (nSPS) is 10.8. The second-order valence-electron chi connectivity index (χ2n) is 4.91. The van der Waals surface area contributed by atoms with Crippen LogP contribution in [0.4, 0.5) is 0 Å². The molecule has 0 radical (unpaired) electrons. The van der Waals surface area contributed by atoms with E-state index >= 15 is 0 Å². The zero-order valence-electron chi connectivity index (χ0n) is 13.1. The van der Waals surface area contributed by atoms with E-state index in [1.54, 1.807) is 21.6 Å². The van der Waals surface area contributed by atoms with Gasteiger partial charge in [0.25, 0.3) is 0 Å². The first-order valence-corrected chi connectivity index (χ1v) is 12.5. The highest BCUT2D eigenvalue weighted by Crippen LogP contribution is 2.31. The fourth-order valence-electron chi connectivity index (χ4n) is 1.85. The Morgan fingerprint density at radius 1 is 0.609 bits per heavy atom. The van der Waals surface area contributed by atoms with E-state index in [-0.39, 0.29) is 0 Å². The molecular weight excluding hydrogens is 360 g/mol. The highest BCUT2D eigenvalue weighted by molar-refractivity contribution is 8.77. The second-order valence-corrected chi connectivity index (χ2v) is 9.79. The highest BCUT2D eigenvalue weighted by atomic mass is 33.1. The van der Waals surface area contributed by atoms with Crippen LogP contribution < -0.4 is 0 Å². The first-order chi connectivity index (χ1) is 11.4. The topological polar surface area (TPSA) is 25.8 Å². The molecule has 2 nitrogen and oxygen atoms in total. The van der Waals surface area contributed by atoms with E-state index < -0.39 is 0 Å². The van der Waals surface area contributed by atoms with Crippen molar-refractivity contribution in [3.05, 3.63) is 48.8 Å². The summed E-state index contributed by atoms with van der Waals surface area (Å²) in [4.78, 5) is 8.62. The lowest BCUT2D eigenvalue weighted by Gasteiger charge is -2.02. The third-order valence-electron chi connectivity index (χ3n) is 3.02. The molecule has 124 valence electrons. The van der Waals surface area contributed by atoms with E-state index in [1.165, 1.54) is 43.6 Å². The van der Waals surface area contributed by atoms with Gasteiger partial charge in [-0.3, -0.25) is 0 Å². The Balaban J connectivity index is 1.34. The van der Waals surface area contributed by atoms with Gasteiger partial charge < -0.3 is 0 Å². The van der Waals surface area contributed by atoms with Gasteiger partial charge in [0.2, 0.25) is 0 Å². The lowest BCUT2D eigenvalue weighted by molar-refractivity contribution is 0.663. The molecule has 23 heavy (non-hydrogen) atoms. The molecular formula is C17H22N2S4. The van der Waals surface area contributed by atoms with Crippen LogP contribution in [0, 0.1) is 0 Å². The molecule has 2 rings (SSSR count). The minimum atomic E-state index is 1.11. The van der Waals surface area contributed by atoms with Crippen LogP contribution in [0.15, 0.2) is 58.8 Å². The highest BCUT2D eigenvalue weighted by Gasteiger charge is 1.97. The van der Waals surface area contributed by atoms with Gasteiger partial charge in [-0.05, 0) is 58.7 Å². The van der Waals surface area contributed by atoms with E-state index in [4.69, 9.17) is 0 Å². The van der Waals surface area contributed by atoms with Crippen molar-refractivity contribution in [1.82, 2.24) is 9.97 Å². The molecule has 0 spiro atoms. The van der Waals surface area contributed by atoms with Gasteiger partial charge >= 0.3 is 0 Å². The molecule has 6 heteroatoms. The molecule has 0 bridgehead atoms. The minimum absolute atomic E-state index is 1.11. The summed E-state index contributed by atoms with van der Waals surface area (Å²) in [5.41, 5.74) is 0. The van der Waals surface area contributed by atoms with Crippen molar-refractivity contribution in [1.29, 1.82) is 0 Å². The quantitative estimate of drug-likeness (QED) is 0.303. The summed E-state index contributed by atoms with van der Waals surface area (Å²) in [6.45, 7) is 0. The number of rotatable bonds is 12. The lowest BCUT2D eigenvalue weighted by Crippen LogP contribution is -1.83. The number of hydrogen-bond acceptors (Lipinski definition) is 6. The molecule has 0 atom stereocenters. The lowest BCUT2D eigenvalue weighted by atomic mass is 10.2. The van der Waals surface area contributed by atoms with Gasteiger partial charge in [0.1, 0.15) is 10.1 Å². The van der Waals surface area contributed by atoms with Gasteiger partial charge in [-0.1, -0.05) is 53.0 Å². The summed E-state index contributed by atoms with van der Waals surface area (Å²) >= 11 is 0. The molecule has 0 N–H and O–H groups in total. The number of aromatic nitrogens is 2. The van der Waals surface area contributed by atoms with E-state index in [2.05, 4.69) is 22.1 Å². The maximum absolute atomic E-state index is 4.31. The molecule has 0 aromatic carbocycles. The number of unbranched alkanes of at least 4 members (excludes halogenated alkanes) is 4. The molecule has 0 aliphatic carbocycles. The Morgan fingerprint density at radius 3 is 1.52 bits per heavy atom. The SMILES string of the molecule is c1ccc(SSCCCCCCCSSc2ccccn2)nc1. The first-order valence-electron chi connectivity index (χ1n) is 7.86. The van der Waals surface area contributed by atoms with Gasteiger partial charge in [-0.25, -0.2) is 9.97 Å². The summed E-state index contributed by atoms with van der Waals surface area (Å²) < 4.78 is 0. The molecule has 2 aromatic rings. The summed E-state index contributed by atoms with van der Waals surface area (Å²) in [7, 11) is 7.40. The van der Waals surface area contributed by atoms with Crippen LogP contribution in [-0.4, -0.2) is 21.5 Å². The van der Waals surface area contributed by atoms with Crippen molar-refractivity contribution >= 4 is 43.2 Å². The zero-order chi connectivity index (χ0) is 16.0. The van der Waals surface area contributed by atoms with Crippen molar-refractivity contribution in [2.75, 3.05) is 11.5 Å². The van der Waals surface area contributed by atoms with Crippen molar-refractivity contribution < 1.29 is 0 Å². The summed E-state index contributed by atoms with van der Waals surface area (Å²) in [5, 5.41) is 2.22. The van der Waals surface area contributed by atoms with E-state index in [9.17, 15) is 0 Å². The summed E-state index contributed by atoms with van der Waals surface area (Å²) in [5.74, 6) is 2.43. The van der Waals surface area contributed by atoms with Crippen LogP contribution in [0.25, 0.3) is 0 Å². The van der Waals surface area contributed by atoms with Gasteiger partial charge in [0.05, 0.1) is 0 Å². The Labute approximate surface area is 155 Å². The number of nitrogens with zero attached hydrogens (tertiary/aromatic N) is 2. The summed E-state index contributed by atoms with van der Waals surface area (Å²) in [6, 6.07) is 12.1. The summed E-state index contributed by atoms with van der Waals surface area (Å²) in [6.07, 6.45) is 10.4. The van der Waals surface area contributed by atoms with Gasteiger partial charge in [-0.2, -0.15) is 0 Å². The number of pyridine rings is 2. The fraction of sp³-hybridized carbons (Fsp3) is 0.412. The standard InChI is InChI=1S/C17H22N2S4/c1(2-8-14-20-22-16-10-4-6-12-18-16)3-9-15-21-23-17-11-5-7-13-19-17/h4-7,10-13H,1-3,8-9,14-15H2. The average Bonchev–Trinajstić information content (AvgIpc) is 2.61. The van der Waals surface area contributed by atoms with Gasteiger partial charge in [0.15, 0.2) is 0 Å². The fourth-order valence-corrected chi connectivity index (χ4v) is 5.90. The monoisotopic (exact) mass is 382 g/mol. The van der Waals surface area contributed by atoms with Crippen molar-refractivity contribution in [2.24, 2.45) is 0 Å². The molecule has 0 unspecified atom stereocenters. The van der Waals surface area contributed by atoms with Crippen LogP contribution >= 0.6 is 43.2 Å². The van der Waals surface area contributed by atoms with Crippen LogP contribution in [-0.2, 0) is 0 Å². The molecule has 0 aliphatic heterocycles. The molecule has 2 heterocycles. The van der Waals surface area contributed by atoms with Gasteiger partial charge in [-0.15, -0.1) is 0 Å². The second kappa shape index (κ2) is 13.0. The smallest absolute Gasteiger partial charge is 0.106 e. The third kappa shape index (κ3) is 9.55. The molecule has 0 aliphatic rings. The molecule has 0 saturated carbocycles. The Bertz CT molecular complexity index is 463. The van der Waals surface area contributed by atoms with Crippen LogP contribution in [0.2, 0.25) is 0 Å². The van der Waals surface area contributed by atoms with Crippen molar-refractivity contribution in [3.8, 4) is 0 Å². The predicted molar refractivity (Wildman–Crippen MR) is 108 cm³/mol. The third-order valence-corrected chi connectivity index (χ3v) is 7.72. The Kier molecular flexibility index (Phi) is 10.8. The first kappa shape index (κ1) is 19.0. The Hall–Kier alpha value is -0.300. The predicted octanol–water partition coefficient (Wildman–Crippen LogP) is 6.61. The van der Waals surface area contributed by atoms with E-state index in [0.29, 0.717) is 0 Å². The molecule has 0 amide bonds. The zero-order valence-corrected chi connectivity index (χ0v) is 16.4. The van der Waals surface area contributed by atoms with Crippen LogP contribution in [0.1, 0.15) is 32.1 Å². The number of hydrogen-bond donors (Lipinski definition) is 0. The van der Waals surface area contributed by atoms with Crippen LogP contribution in [0.5, 0.6) is 0 Å². The molecule has 2 aromatic heterocycles. The van der Waals surface area contributed by atoms with Crippen molar-refractivity contribution in [2.45, 2.75) is 42.2 Å². The maximum Gasteiger partial charge on any atom is 0.106 e. The molecule has 0 fully saturated rings. The maximum atomic E-state index is 4.31. The van der Waals surface area contributed by atoms with Gasteiger partial charge in [0, 0.05) is 23.9 Å². The molecule has 0 saturated heterocycles. The minimum Gasteiger partial charge on any atom is -0.249 e. The average molecular weight is 383 g/mol. The van der Waals surface area contributed by atoms with E-state index in [0.717, 1.165) is 10.1 Å².